The number of thiophene rings is 1. The van der Waals surface area contributed by atoms with E-state index >= 15 is 0 Å². The average molecular weight is 421 g/mol. The summed E-state index contributed by atoms with van der Waals surface area (Å²) in [4.78, 5) is 14.8. The normalized spacial score (nSPS) is 17.5. The zero-order valence-corrected chi connectivity index (χ0v) is 19.7. The van der Waals surface area contributed by atoms with Crippen molar-refractivity contribution in [1.29, 1.82) is 0 Å². The van der Waals surface area contributed by atoms with Gasteiger partial charge in [0.2, 0.25) is 5.91 Å². The van der Waals surface area contributed by atoms with Gasteiger partial charge in [0.05, 0.1) is 10.6 Å². The topological polar surface area (TPSA) is 59.8 Å². The summed E-state index contributed by atoms with van der Waals surface area (Å²) in [6.07, 6.45) is 3.58. The summed E-state index contributed by atoms with van der Waals surface area (Å²) >= 11 is 3.28. The highest BCUT2D eigenvalue weighted by Gasteiger charge is 2.30. The number of carbonyl (C=O) groups is 1. The van der Waals surface area contributed by atoms with Gasteiger partial charge in [0.25, 0.3) is 0 Å². The van der Waals surface area contributed by atoms with Crippen LogP contribution >= 0.6 is 23.1 Å². The maximum Gasteiger partial charge on any atom is 0.230 e. The van der Waals surface area contributed by atoms with Gasteiger partial charge in [-0.2, -0.15) is 0 Å². The molecule has 0 saturated carbocycles. The Morgan fingerprint density at radius 3 is 2.64 bits per heavy atom. The number of rotatable bonds is 4. The molecule has 154 valence electrons. The fourth-order valence-corrected chi connectivity index (χ4v) is 5.55. The SMILES string of the molecule is Cn1c(SCC(=O)NC(C)(C)C)nnc1-c1cc2c(s1)CC[C@H](C(C)(C)C)C2. The van der Waals surface area contributed by atoms with Gasteiger partial charge in [-0.25, -0.2) is 0 Å². The standard InChI is InChI=1S/C21H32N4OS2/c1-20(2,3)14-8-9-15-13(10-14)11-16(28-15)18-23-24-19(25(18)7)27-12-17(26)22-21(4,5)6/h11,14H,8-10,12H2,1-7H3,(H,22,26)/t14-/m0/s1. The van der Waals surface area contributed by atoms with Crippen LogP contribution in [0.1, 0.15) is 58.4 Å². The number of hydrogen-bond acceptors (Lipinski definition) is 5. The van der Waals surface area contributed by atoms with E-state index in [4.69, 9.17) is 0 Å². The third kappa shape index (κ3) is 4.98. The Balaban J connectivity index is 1.71. The van der Waals surface area contributed by atoms with Gasteiger partial charge in [0.1, 0.15) is 0 Å². The van der Waals surface area contributed by atoms with Crippen molar-refractivity contribution in [2.45, 2.75) is 71.5 Å². The minimum Gasteiger partial charge on any atom is -0.351 e. The Morgan fingerprint density at radius 2 is 2.00 bits per heavy atom. The van der Waals surface area contributed by atoms with Crippen LogP contribution in [-0.4, -0.2) is 32.0 Å². The van der Waals surface area contributed by atoms with Gasteiger partial charge in [-0.15, -0.1) is 21.5 Å². The second kappa shape index (κ2) is 7.82. The Bertz CT molecular complexity index is 855. The van der Waals surface area contributed by atoms with Crippen LogP contribution in [-0.2, 0) is 24.7 Å². The van der Waals surface area contributed by atoms with Gasteiger partial charge in [-0.1, -0.05) is 32.5 Å². The van der Waals surface area contributed by atoms with Crippen molar-refractivity contribution in [3.8, 4) is 10.7 Å². The van der Waals surface area contributed by atoms with Crippen LogP contribution < -0.4 is 5.32 Å². The molecular formula is C21H32N4OS2. The maximum absolute atomic E-state index is 12.1. The van der Waals surface area contributed by atoms with Gasteiger partial charge in [0, 0.05) is 17.5 Å². The van der Waals surface area contributed by atoms with E-state index in [1.54, 1.807) is 0 Å². The summed E-state index contributed by atoms with van der Waals surface area (Å²) in [5.41, 5.74) is 1.61. The first-order valence-electron chi connectivity index (χ1n) is 9.89. The number of hydrogen-bond donors (Lipinski definition) is 1. The predicted octanol–water partition coefficient (Wildman–Crippen LogP) is 4.70. The molecule has 1 atom stereocenters. The third-order valence-corrected chi connectivity index (χ3v) is 7.46. The summed E-state index contributed by atoms with van der Waals surface area (Å²) in [5.74, 6) is 1.99. The van der Waals surface area contributed by atoms with E-state index in [1.165, 1.54) is 33.5 Å². The maximum atomic E-state index is 12.1. The molecule has 0 radical (unpaired) electrons. The van der Waals surface area contributed by atoms with Crippen LogP contribution in [0, 0.1) is 11.3 Å². The quantitative estimate of drug-likeness (QED) is 0.728. The lowest BCUT2D eigenvalue weighted by atomic mass is 9.72. The highest BCUT2D eigenvalue weighted by Crippen LogP contribution is 2.42. The number of amides is 1. The summed E-state index contributed by atoms with van der Waals surface area (Å²) in [5, 5.41) is 12.5. The predicted molar refractivity (Wildman–Crippen MR) is 118 cm³/mol. The van der Waals surface area contributed by atoms with Crippen LogP contribution in [0.4, 0.5) is 0 Å². The van der Waals surface area contributed by atoms with Gasteiger partial charge >= 0.3 is 0 Å². The summed E-state index contributed by atoms with van der Waals surface area (Å²) in [7, 11) is 1.98. The number of nitrogens with one attached hydrogen (secondary N) is 1. The van der Waals surface area contributed by atoms with Crippen LogP contribution in [0.25, 0.3) is 10.7 Å². The van der Waals surface area contributed by atoms with Crippen molar-refractivity contribution in [3.05, 3.63) is 16.5 Å². The molecule has 0 spiro atoms. The molecule has 1 aliphatic carbocycles. The first-order valence-corrected chi connectivity index (χ1v) is 11.7. The number of aromatic nitrogens is 3. The monoisotopic (exact) mass is 420 g/mol. The minimum absolute atomic E-state index is 0.0156. The largest absolute Gasteiger partial charge is 0.351 e. The minimum atomic E-state index is -0.219. The van der Waals surface area contributed by atoms with Crippen molar-refractivity contribution in [3.63, 3.8) is 0 Å². The number of fused-ring (bicyclic) bond motifs is 1. The molecule has 2 heterocycles. The van der Waals surface area contributed by atoms with Gasteiger partial charge in [-0.05, 0) is 63.0 Å². The summed E-state index contributed by atoms with van der Waals surface area (Å²) in [6.45, 7) is 13.0. The van der Waals surface area contributed by atoms with Crippen LogP contribution in [0.5, 0.6) is 0 Å². The molecular weight excluding hydrogens is 388 g/mol. The lowest BCUT2D eigenvalue weighted by Gasteiger charge is -2.33. The van der Waals surface area contributed by atoms with E-state index in [0.29, 0.717) is 11.2 Å². The number of carbonyl (C=O) groups excluding carboxylic acids is 1. The second-order valence-electron chi connectivity index (χ2n) is 9.82. The van der Waals surface area contributed by atoms with E-state index in [-0.39, 0.29) is 11.4 Å². The van der Waals surface area contributed by atoms with Crippen LogP contribution in [0.2, 0.25) is 0 Å². The molecule has 2 aromatic heterocycles. The molecule has 5 nitrogen and oxygen atoms in total. The molecule has 0 saturated heterocycles. The molecule has 0 aromatic carbocycles. The lowest BCUT2D eigenvalue weighted by molar-refractivity contribution is -0.119. The zero-order valence-electron chi connectivity index (χ0n) is 18.0. The Labute approximate surface area is 176 Å². The van der Waals surface area contributed by atoms with E-state index in [9.17, 15) is 4.79 Å². The molecule has 1 aliphatic rings. The van der Waals surface area contributed by atoms with Crippen molar-refractivity contribution < 1.29 is 4.79 Å². The third-order valence-electron chi connectivity index (χ3n) is 5.21. The van der Waals surface area contributed by atoms with Crippen molar-refractivity contribution in [2.24, 2.45) is 18.4 Å². The van der Waals surface area contributed by atoms with Crippen molar-refractivity contribution in [2.75, 3.05) is 5.75 Å². The molecule has 3 rings (SSSR count). The zero-order chi connectivity index (χ0) is 20.7. The van der Waals surface area contributed by atoms with E-state index in [1.807, 2.05) is 43.7 Å². The molecule has 0 aliphatic heterocycles. The first kappa shape index (κ1) is 21.4. The van der Waals surface area contributed by atoms with E-state index in [2.05, 4.69) is 42.4 Å². The lowest BCUT2D eigenvalue weighted by Crippen LogP contribution is -2.41. The van der Waals surface area contributed by atoms with Crippen molar-refractivity contribution >= 4 is 29.0 Å². The Kier molecular flexibility index (Phi) is 5.97. The van der Waals surface area contributed by atoms with Gasteiger partial charge in [0.15, 0.2) is 11.0 Å². The van der Waals surface area contributed by atoms with Crippen molar-refractivity contribution in [1.82, 2.24) is 20.1 Å². The second-order valence-corrected chi connectivity index (χ2v) is 11.9. The van der Waals surface area contributed by atoms with Crippen LogP contribution in [0.15, 0.2) is 11.2 Å². The van der Waals surface area contributed by atoms with E-state index < -0.39 is 0 Å². The smallest absolute Gasteiger partial charge is 0.230 e. The number of thioether (sulfide) groups is 1. The highest BCUT2D eigenvalue weighted by atomic mass is 32.2. The highest BCUT2D eigenvalue weighted by molar-refractivity contribution is 7.99. The summed E-state index contributed by atoms with van der Waals surface area (Å²) < 4.78 is 2.01. The number of aryl methyl sites for hydroxylation is 1. The van der Waals surface area contributed by atoms with Gasteiger partial charge < -0.3 is 9.88 Å². The molecule has 1 N–H and O–H groups in total. The summed E-state index contributed by atoms with van der Waals surface area (Å²) in [6, 6.07) is 2.31. The first-order chi connectivity index (χ1) is 12.9. The average Bonchev–Trinajstić information content (AvgIpc) is 3.12. The molecule has 28 heavy (non-hydrogen) atoms. The van der Waals surface area contributed by atoms with E-state index in [0.717, 1.165) is 29.7 Å². The number of nitrogens with zero attached hydrogens (tertiary/aromatic N) is 3. The fraction of sp³-hybridized carbons (Fsp3) is 0.667. The van der Waals surface area contributed by atoms with Gasteiger partial charge in [-0.3, -0.25) is 4.79 Å². The molecule has 7 heteroatoms. The molecule has 0 unspecified atom stereocenters. The molecule has 1 amide bonds. The molecule has 2 aromatic rings. The van der Waals surface area contributed by atoms with Crippen LogP contribution in [0.3, 0.4) is 0 Å². The Hall–Kier alpha value is -1.34. The Morgan fingerprint density at radius 1 is 1.29 bits per heavy atom. The molecule has 0 fully saturated rings. The fourth-order valence-electron chi connectivity index (χ4n) is 3.61. The molecule has 0 bridgehead atoms.